The highest BCUT2D eigenvalue weighted by molar-refractivity contribution is 5.26. The van der Waals surface area contributed by atoms with Gasteiger partial charge in [0.2, 0.25) is 0 Å². The Morgan fingerprint density at radius 3 is 2.50 bits per heavy atom. The number of benzene rings is 1. The molecule has 0 saturated carbocycles. The first-order valence-electron chi connectivity index (χ1n) is 3.98. The number of nitrogens with two attached hydrogens (primary N) is 1. The predicted molar refractivity (Wildman–Crippen MR) is 45.1 cm³/mol. The van der Waals surface area contributed by atoms with Crippen molar-refractivity contribution in [3.63, 3.8) is 0 Å². The Morgan fingerprint density at radius 1 is 1.36 bits per heavy atom. The molecule has 1 aromatic carbocycles. The Morgan fingerprint density at radius 2 is 2.00 bits per heavy atom. The quantitative estimate of drug-likeness (QED) is 0.753. The molecule has 0 aliphatic heterocycles. The van der Waals surface area contributed by atoms with Gasteiger partial charge in [-0.2, -0.15) is 13.2 Å². The van der Waals surface area contributed by atoms with Gasteiger partial charge >= 0.3 is 6.18 Å². The Hall–Kier alpha value is -1.07. The third-order valence-corrected chi connectivity index (χ3v) is 1.89. The predicted octanol–water partition coefficient (Wildman–Crippen LogP) is 2.66. The summed E-state index contributed by atoms with van der Waals surface area (Å²) >= 11 is 0. The number of halogens is 3. The van der Waals surface area contributed by atoms with Crippen LogP contribution in [-0.4, -0.2) is 0 Å². The average Bonchev–Trinajstić information content (AvgIpc) is 2.15. The third kappa shape index (κ3) is 2.46. The van der Waals surface area contributed by atoms with Crippen LogP contribution in [0.3, 0.4) is 0 Å². The van der Waals surface area contributed by atoms with Crippen LogP contribution in [0.1, 0.15) is 24.2 Å². The molecule has 14 heavy (non-hydrogen) atoms. The summed E-state index contributed by atoms with van der Waals surface area (Å²) < 4.78 is 36.8. The zero-order valence-electron chi connectivity index (χ0n) is 7.51. The van der Waals surface area contributed by atoms with Crippen LogP contribution in [0, 0.1) is 0 Å². The minimum atomic E-state index is -4.33. The monoisotopic (exact) mass is 205 g/mol. The van der Waals surface area contributed by atoms with E-state index in [2.05, 4.69) is 4.84 Å². The molecule has 0 fully saturated rings. The fraction of sp³-hybridized carbons (Fsp3) is 0.333. The molecule has 1 rings (SSSR count). The molecular weight excluding hydrogens is 195 g/mol. The van der Waals surface area contributed by atoms with Crippen molar-refractivity contribution < 1.29 is 18.0 Å². The van der Waals surface area contributed by atoms with Crippen LogP contribution in [-0.2, 0) is 11.0 Å². The zero-order chi connectivity index (χ0) is 10.8. The minimum Gasteiger partial charge on any atom is -0.297 e. The molecule has 0 aromatic heterocycles. The van der Waals surface area contributed by atoms with Crippen LogP contribution in [0.2, 0.25) is 0 Å². The van der Waals surface area contributed by atoms with E-state index in [-0.39, 0.29) is 0 Å². The van der Waals surface area contributed by atoms with Crippen molar-refractivity contribution in [2.24, 2.45) is 5.90 Å². The molecule has 5 heteroatoms. The van der Waals surface area contributed by atoms with Crippen LogP contribution in [0.15, 0.2) is 24.3 Å². The summed E-state index contributed by atoms with van der Waals surface area (Å²) in [6.07, 6.45) is -4.87. The lowest BCUT2D eigenvalue weighted by Gasteiger charge is -2.12. The third-order valence-electron chi connectivity index (χ3n) is 1.89. The van der Waals surface area contributed by atoms with Crippen LogP contribution >= 0.6 is 0 Å². The summed E-state index contributed by atoms with van der Waals surface area (Å²) in [5.74, 6) is 4.88. The fourth-order valence-corrected chi connectivity index (χ4v) is 1.05. The molecule has 1 aromatic rings. The van der Waals surface area contributed by atoms with Crippen LogP contribution in [0.5, 0.6) is 0 Å². The molecule has 0 amide bonds. The molecule has 0 unspecified atom stereocenters. The molecule has 0 bridgehead atoms. The molecule has 0 heterocycles. The van der Waals surface area contributed by atoms with E-state index in [1.807, 2.05) is 0 Å². The van der Waals surface area contributed by atoms with E-state index in [9.17, 15) is 13.2 Å². The maximum Gasteiger partial charge on any atom is 0.416 e. The van der Waals surface area contributed by atoms with Gasteiger partial charge in [-0.3, -0.25) is 4.84 Å². The largest absolute Gasteiger partial charge is 0.416 e. The summed E-state index contributed by atoms with van der Waals surface area (Å²) in [6, 6.07) is 4.89. The van der Waals surface area contributed by atoms with Gasteiger partial charge in [0.25, 0.3) is 0 Å². The second-order valence-electron chi connectivity index (χ2n) is 2.90. The van der Waals surface area contributed by atoms with E-state index in [4.69, 9.17) is 5.90 Å². The molecule has 2 nitrogen and oxygen atoms in total. The van der Waals surface area contributed by atoms with Crippen molar-refractivity contribution in [1.29, 1.82) is 0 Å². The second-order valence-corrected chi connectivity index (χ2v) is 2.90. The smallest absolute Gasteiger partial charge is 0.297 e. The van der Waals surface area contributed by atoms with E-state index in [0.717, 1.165) is 12.1 Å². The number of alkyl halides is 3. The van der Waals surface area contributed by atoms with Gasteiger partial charge in [0.05, 0.1) is 5.56 Å². The molecule has 0 saturated heterocycles. The van der Waals surface area contributed by atoms with Gasteiger partial charge in [0, 0.05) is 0 Å². The fourth-order valence-electron chi connectivity index (χ4n) is 1.05. The van der Waals surface area contributed by atoms with Gasteiger partial charge in [0.1, 0.15) is 6.10 Å². The first-order chi connectivity index (χ1) is 6.45. The highest BCUT2D eigenvalue weighted by Gasteiger charge is 2.30. The van der Waals surface area contributed by atoms with E-state index in [1.165, 1.54) is 12.1 Å². The number of rotatable bonds is 2. The highest BCUT2D eigenvalue weighted by Crippen LogP contribution is 2.30. The summed E-state index contributed by atoms with van der Waals surface area (Å²) in [6.45, 7) is 1.58. The van der Waals surface area contributed by atoms with Crippen LogP contribution < -0.4 is 5.90 Å². The van der Waals surface area contributed by atoms with E-state index >= 15 is 0 Å². The topological polar surface area (TPSA) is 35.2 Å². The Balaban J connectivity index is 3.01. The van der Waals surface area contributed by atoms with Crippen molar-refractivity contribution in [2.45, 2.75) is 19.2 Å². The maximum absolute atomic E-state index is 12.3. The van der Waals surface area contributed by atoms with Crippen molar-refractivity contribution in [3.05, 3.63) is 35.4 Å². The summed E-state index contributed by atoms with van der Waals surface area (Å²) in [5.41, 5.74) is -0.291. The molecule has 0 radical (unpaired) electrons. The zero-order valence-corrected chi connectivity index (χ0v) is 7.51. The molecular formula is C9H10F3NO. The Kier molecular flexibility index (Phi) is 3.13. The van der Waals surface area contributed by atoms with Gasteiger partial charge in [-0.05, 0) is 24.6 Å². The molecule has 2 N–H and O–H groups in total. The van der Waals surface area contributed by atoms with Crippen molar-refractivity contribution in [3.8, 4) is 0 Å². The minimum absolute atomic E-state index is 0.405. The molecule has 0 aliphatic rings. The Bertz CT molecular complexity index is 311. The molecule has 0 spiro atoms. The number of hydrogen-bond donors (Lipinski definition) is 1. The normalized spacial score (nSPS) is 14.1. The van der Waals surface area contributed by atoms with Gasteiger partial charge in [-0.1, -0.05) is 12.1 Å². The van der Waals surface area contributed by atoms with Gasteiger partial charge in [-0.15, -0.1) is 0 Å². The average molecular weight is 205 g/mol. The standard InChI is InChI=1S/C9H10F3NO/c1-6(14-13)7-3-2-4-8(5-7)9(10,11)12/h2-6H,13H2,1H3/t6-/m0/s1. The van der Waals surface area contributed by atoms with Gasteiger partial charge < -0.3 is 0 Å². The first-order valence-corrected chi connectivity index (χ1v) is 3.98. The lowest BCUT2D eigenvalue weighted by Crippen LogP contribution is -2.09. The summed E-state index contributed by atoms with van der Waals surface area (Å²) in [7, 11) is 0. The van der Waals surface area contributed by atoms with Crippen molar-refractivity contribution in [2.75, 3.05) is 0 Å². The van der Waals surface area contributed by atoms with Crippen molar-refractivity contribution in [1.82, 2.24) is 0 Å². The van der Waals surface area contributed by atoms with Crippen molar-refractivity contribution >= 4 is 0 Å². The maximum atomic E-state index is 12.3. The van der Waals surface area contributed by atoms with E-state index < -0.39 is 17.8 Å². The lowest BCUT2D eigenvalue weighted by atomic mass is 10.1. The second kappa shape index (κ2) is 3.98. The van der Waals surface area contributed by atoms with Gasteiger partial charge in [0.15, 0.2) is 0 Å². The first kappa shape index (κ1) is 11.0. The van der Waals surface area contributed by atoms with E-state index in [1.54, 1.807) is 6.92 Å². The Labute approximate surface area is 79.4 Å². The lowest BCUT2D eigenvalue weighted by molar-refractivity contribution is -0.137. The SMILES string of the molecule is C[C@H](ON)c1cccc(C(F)(F)F)c1. The molecule has 78 valence electrons. The molecule has 1 atom stereocenters. The van der Waals surface area contributed by atoms with E-state index in [0.29, 0.717) is 5.56 Å². The van der Waals surface area contributed by atoms with Crippen LogP contribution in [0.25, 0.3) is 0 Å². The summed E-state index contributed by atoms with van der Waals surface area (Å²) in [5, 5.41) is 0. The molecule has 0 aliphatic carbocycles. The van der Waals surface area contributed by atoms with Gasteiger partial charge in [-0.25, -0.2) is 5.90 Å². The van der Waals surface area contributed by atoms with Crippen LogP contribution in [0.4, 0.5) is 13.2 Å². The highest BCUT2D eigenvalue weighted by atomic mass is 19.4. The summed E-state index contributed by atoms with van der Waals surface area (Å²) in [4.78, 5) is 4.44. The number of hydrogen-bond acceptors (Lipinski definition) is 2.